The third-order valence-electron chi connectivity index (χ3n) is 4.64. The monoisotopic (exact) mass is 253 g/mol. The number of rotatable bonds is 1. The normalized spacial score (nSPS) is 28.5. The van der Waals surface area contributed by atoms with Crippen LogP contribution >= 0.6 is 0 Å². The molecule has 1 aromatic heterocycles. The molecule has 19 heavy (non-hydrogen) atoms. The van der Waals surface area contributed by atoms with Crippen molar-refractivity contribution < 1.29 is 0 Å². The molecule has 0 radical (unpaired) electrons. The van der Waals surface area contributed by atoms with Gasteiger partial charge in [0.2, 0.25) is 0 Å². The number of fused-ring (bicyclic) bond motifs is 4. The van der Waals surface area contributed by atoms with Crippen LogP contribution in [0.15, 0.2) is 42.6 Å². The van der Waals surface area contributed by atoms with Crippen LogP contribution in [0, 0.1) is 0 Å². The Labute approximate surface area is 114 Å². The maximum absolute atomic E-state index is 2.57. The summed E-state index contributed by atoms with van der Waals surface area (Å²) < 4.78 is 2.22. The Morgan fingerprint density at radius 2 is 1.95 bits per heavy atom. The van der Waals surface area contributed by atoms with Gasteiger partial charge in [-0.1, -0.05) is 24.3 Å². The van der Waals surface area contributed by atoms with Gasteiger partial charge in [-0.25, -0.2) is 0 Å². The molecule has 3 heterocycles. The second-order valence-electron chi connectivity index (χ2n) is 5.66. The highest BCUT2D eigenvalue weighted by molar-refractivity contribution is 5.50. The Hall–Kier alpha value is -1.74. The van der Waals surface area contributed by atoms with E-state index >= 15 is 0 Å². The molecule has 0 spiro atoms. The van der Waals surface area contributed by atoms with Crippen LogP contribution < -0.4 is 4.90 Å². The maximum Gasteiger partial charge on any atom is 0.110 e. The molecule has 98 valence electrons. The third kappa shape index (κ3) is 1.48. The van der Waals surface area contributed by atoms with Crippen molar-refractivity contribution >= 4 is 5.82 Å². The molecule has 2 aliphatic rings. The lowest BCUT2D eigenvalue weighted by atomic mass is 9.97. The van der Waals surface area contributed by atoms with Gasteiger partial charge in [0.1, 0.15) is 5.82 Å². The molecule has 0 N–H and O–H groups in total. The summed E-state index contributed by atoms with van der Waals surface area (Å²) in [6.45, 7) is 4.54. The van der Waals surface area contributed by atoms with Crippen LogP contribution in [-0.2, 0) is 13.6 Å². The third-order valence-corrected chi connectivity index (χ3v) is 4.64. The lowest BCUT2D eigenvalue weighted by Crippen LogP contribution is -2.35. The number of hydrogen-bond acceptors (Lipinski definition) is 2. The van der Waals surface area contributed by atoms with Crippen molar-refractivity contribution in [2.45, 2.75) is 25.7 Å². The molecule has 3 heteroatoms. The quantitative estimate of drug-likeness (QED) is 0.774. The van der Waals surface area contributed by atoms with Gasteiger partial charge < -0.3 is 9.47 Å². The number of anilines is 1. The van der Waals surface area contributed by atoms with E-state index in [2.05, 4.69) is 70.9 Å². The molecule has 0 aliphatic carbocycles. The molecule has 0 amide bonds. The fraction of sp³-hybridized carbons (Fsp3) is 0.375. The Morgan fingerprint density at radius 1 is 1.11 bits per heavy atom. The second kappa shape index (κ2) is 3.87. The molecule has 2 bridgehead atoms. The molecule has 3 atom stereocenters. The first-order valence-electron chi connectivity index (χ1n) is 6.97. The summed E-state index contributed by atoms with van der Waals surface area (Å²) in [5, 5.41) is 0. The summed E-state index contributed by atoms with van der Waals surface area (Å²) in [7, 11) is 2.13. The van der Waals surface area contributed by atoms with E-state index < -0.39 is 0 Å². The van der Waals surface area contributed by atoms with Gasteiger partial charge in [-0.15, -0.1) is 0 Å². The molecule has 1 fully saturated rings. The van der Waals surface area contributed by atoms with Crippen molar-refractivity contribution in [3.8, 4) is 0 Å². The topological polar surface area (TPSA) is 11.4 Å². The van der Waals surface area contributed by atoms with Crippen LogP contribution in [0.5, 0.6) is 0 Å². The molecular weight excluding hydrogens is 234 g/mol. The van der Waals surface area contributed by atoms with Crippen molar-refractivity contribution in [2.75, 3.05) is 11.4 Å². The SMILES string of the molecule is CC1N2Cc3ccccc3C(C2)N1c1cccn1C. The summed E-state index contributed by atoms with van der Waals surface area (Å²) >= 11 is 0. The first-order valence-corrected chi connectivity index (χ1v) is 6.97. The van der Waals surface area contributed by atoms with Crippen LogP contribution in [0.3, 0.4) is 0 Å². The molecule has 1 saturated heterocycles. The highest BCUT2D eigenvalue weighted by Crippen LogP contribution is 2.42. The summed E-state index contributed by atoms with van der Waals surface area (Å²) in [6, 6.07) is 13.7. The maximum atomic E-state index is 2.57. The average molecular weight is 253 g/mol. The van der Waals surface area contributed by atoms with Crippen LogP contribution in [0.25, 0.3) is 0 Å². The number of aromatic nitrogens is 1. The smallest absolute Gasteiger partial charge is 0.110 e. The van der Waals surface area contributed by atoms with Gasteiger partial charge in [0.25, 0.3) is 0 Å². The van der Waals surface area contributed by atoms with Crippen molar-refractivity contribution in [3.05, 3.63) is 53.7 Å². The van der Waals surface area contributed by atoms with E-state index in [1.54, 1.807) is 0 Å². The lowest BCUT2D eigenvalue weighted by molar-refractivity contribution is 0.251. The van der Waals surface area contributed by atoms with Gasteiger partial charge in [-0.3, -0.25) is 4.90 Å². The van der Waals surface area contributed by atoms with E-state index in [1.807, 2.05) is 0 Å². The average Bonchev–Trinajstić information content (AvgIpc) is 2.94. The zero-order chi connectivity index (χ0) is 13.0. The zero-order valence-electron chi connectivity index (χ0n) is 11.5. The standard InChI is InChI=1S/C16H19N3/c1-12-18-10-13-6-3-4-7-14(13)15(11-18)19(12)16-8-5-9-17(16)2/h3-9,12,15H,10-11H2,1-2H3. The minimum atomic E-state index is 0.464. The Bertz CT molecular complexity index is 616. The van der Waals surface area contributed by atoms with Crippen LogP contribution in [-0.4, -0.2) is 22.2 Å². The minimum Gasteiger partial charge on any atom is -0.338 e. The molecule has 0 saturated carbocycles. The van der Waals surface area contributed by atoms with Gasteiger partial charge in [-0.2, -0.15) is 0 Å². The van der Waals surface area contributed by atoms with Gasteiger partial charge in [0.05, 0.1) is 12.2 Å². The number of hydrogen-bond donors (Lipinski definition) is 0. The molecule has 4 rings (SSSR count). The van der Waals surface area contributed by atoms with Crippen molar-refractivity contribution in [3.63, 3.8) is 0 Å². The summed E-state index contributed by atoms with van der Waals surface area (Å²) in [5.41, 5.74) is 2.99. The van der Waals surface area contributed by atoms with Crippen LogP contribution in [0.2, 0.25) is 0 Å². The summed E-state index contributed by atoms with van der Waals surface area (Å²) in [5.74, 6) is 1.32. The van der Waals surface area contributed by atoms with E-state index in [-0.39, 0.29) is 0 Å². The predicted octanol–water partition coefficient (Wildman–Crippen LogP) is 2.75. The first kappa shape index (κ1) is 11.1. The summed E-state index contributed by atoms with van der Waals surface area (Å²) in [6.07, 6.45) is 2.59. The predicted molar refractivity (Wildman–Crippen MR) is 76.9 cm³/mol. The first-order chi connectivity index (χ1) is 9.25. The van der Waals surface area contributed by atoms with Crippen LogP contribution in [0.4, 0.5) is 5.82 Å². The Morgan fingerprint density at radius 3 is 2.74 bits per heavy atom. The highest BCUT2D eigenvalue weighted by atomic mass is 15.5. The molecule has 2 aromatic rings. The molecule has 3 unspecified atom stereocenters. The van der Waals surface area contributed by atoms with Gasteiger partial charge >= 0.3 is 0 Å². The van der Waals surface area contributed by atoms with Crippen molar-refractivity contribution in [2.24, 2.45) is 7.05 Å². The van der Waals surface area contributed by atoms with Crippen LogP contribution in [0.1, 0.15) is 24.1 Å². The zero-order valence-corrected chi connectivity index (χ0v) is 11.5. The largest absolute Gasteiger partial charge is 0.338 e. The molecule has 2 aliphatic heterocycles. The Kier molecular flexibility index (Phi) is 2.27. The molecule has 3 nitrogen and oxygen atoms in total. The number of benzene rings is 1. The summed E-state index contributed by atoms with van der Waals surface area (Å²) in [4.78, 5) is 5.13. The van der Waals surface area contributed by atoms with Gasteiger partial charge in [0.15, 0.2) is 0 Å². The second-order valence-corrected chi connectivity index (χ2v) is 5.66. The van der Waals surface area contributed by atoms with E-state index in [0.717, 1.165) is 13.1 Å². The Balaban J connectivity index is 1.84. The van der Waals surface area contributed by atoms with Gasteiger partial charge in [0, 0.05) is 26.3 Å². The fourth-order valence-corrected chi connectivity index (χ4v) is 3.64. The van der Waals surface area contributed by atoms with Gasteiger partial charge in [-0.05, 0) is 30.2 Å². The minimum absolute atomic E-state index is 0.464. The number of aryl methyl sites for hydroxylation is 1. The van der Waals surface area contributed by atoms with E-state index in [0.29, 0.717) is 12.2 Å². The van der Waals surface area contributed by atoms with E-state index in [4.69, 9.17) is 0 Å². The highest BCUT2D eigenvalue weighted by Gasteiger charge is 2.42. The van der Waals surface area contributed by atoms with Crippen molar-refractivity contribution in [1.29, 1.82) is 0 Å². The van der Waals surface area contributed by atoms with Crippen molar-refractivity contribution in [1.82, 2.24) is 9.47 Å². The lowest BCUT2D eigenvalue weighted by Gasteiger charge is -2.30. The molecular formula is C16H19N3. The van der Waals surface area contributed by atoms with E-state index in [9.17, 15) is 0 Å². The fourth-order valence-electron chi connectivity index (χ4n) is 3.64. The molecule has 1 aromatic carbocycles. The number of nitrogens with zero attached hydrogens (tertiary/aromatic N) is 3. The van der Waals surface area contributed by atoms with E-state index in [1.165, 1.54) is 16.9 Å².